The van der Waals surface area contributed by atoms with Crippen molar-refractivity contribution in [1.82, 2.24) is 9.88 Å². The van der Waals surface area contributed by atoms with Gasteiger partial charge in [-0.2, -0.15) is 0 Å². The van der Waals surface area contributed by atoms with E-state index in [1.807, 2.05) is 0 Å². The van der Waals surface area contributed by atoms with Crippen LogP contribution in [0.1, 0.15) is 30.1 Å². The number of methoxy groups -OCH3 is 1. The van der Waals surface area contributed by atoms with E-state index in [1.165, 1.54) is 20.0 Å². The fraction of sp³-hybridized carbons (Fsp3) is 0.647. The standard InChI is InChI=1S/C17H25N3O3/c1-3-5-13-11-23-12-14-10-19(8-9-20(13)14)16-15(17(21)22-2)6-4-7-18-16/h4,6-7,13-14H,3,5,8-12H2,1-2H3/t13-,14+/m0/s1. The van der Waals surface area contributed by atoms with Crippen LogP contribution in [-0.4, -0.2) is 67.9 Å². The minimum absolute atomic E-state index is 0.334. The Balaban J connectivity index is 1.76. The smallest absolute Gasteiger partial charge is 0.341 e. The van der Waals surface area contributed by atoms with Gasteiger partial charge in [-0.05, 0) is 18.6 Å². The summed E-state index contributed by atoms with van der Waals surface area (Å²) >= 11 is 0. The molecule has 6 heteroatoms. The summed E-state index contributed by atoms with van der Waals surface area (Å²) < 4.78 is 10.7. The van der Waals surface area contributed by atoms with E-state index in [-0.39, 0.29) is 5.97 Å². The van der Waals surface area contributed by atoms with Gasteiger partial charge in [-0.15, -0.1) is 0 Å². The Bertz CT molecular complexity index is 550. The van der Waals surface area contributed by atoms with Crippen molar-refractivity contribution in [2.24, 2.45) is 0 Å². The highest BCUT2D eigenvalue weighted by atomic mass is 16.5. The molecule has 0 bridgehead atoms. The molecule has 0 amide bonds. The summed E-state index contributed by atoms with van der Waals surface area (Å²) in [4.78, 5) is 21.2. The van der Waals surface area contributed by atoms with Crippen molar-refractivity contribution in [3.63, 3.8) is 0 Å². The van der Waals surface area contributed by atoms with E-state index < -0.39 is 0 Å². The molecule has 0 N–H and O–H groups in total. The zero-order chi connectivity index (χ0) is 16.2. The van der Waals surface area contributed by atoms with E-state index in [4.69, 9.17) is 9.47 Å². The number of fused-ring (bicyclic) bond motifs is 1. The number of nitrogens with zero attached hydrogens (tertiary/aromatic N) is 3. The lowest BCUT2D eigenvalue weighted by Crippen LogP contribution is -2.62. The highest BCUT2D eigenvalue weighted by molar-refractivity contribution is 5.94. The Morgan fingerprint density at radius 2 is 2.30 bits per heavy atom. The normalized spacial score (nSPS) is 25.0. The van der Waals surface area contributed by atoms with Gasteiger partial charge in [0, 0.05) is 31.9 Å². The van der Waals surface area contributed by atoms with Crippen LogP contribution in [0.5, 0.6) is 0 Å². The van der Waals surface area contributed by atoms with Gasteiger partial charge >= 0.3 is 5.97 Å². The third-order valence-electron chi connectivity index (χ3n) is 4.73. The van der Waals surface area contributed by atoms with Crippen molar-refractivity contribution in [3.05, 3.63) is 23.9 Å². The van der Waals surface area contributed by atoms with E-state index in [1.54, 1.807) is 18.3 Å². The highest BCUT2D eigenvalue weighted by Crippen LogP contribution is 2.26. The summed E-state index contributed by atoms with van der Waals surface area (Å²) in [5.41, 5.74) is 0.533. The Morgan fingerprint density at radius 1 is 1.43 bits per heavy atom. The monoisotopic (exact) mass is 319 g/mol. The number of carbonyl (C=O) groups excluding carboxylic acids is 1. The molecule has 2 aliphatic heterocycles. The number of hydrogen-bond donors (Lipinski definition) is 0. The average Bonchev–Trinajstić information content (AvgIpc) is 2.61. The molecular weight excluding hydrogens is 294 g/mol. The molecule has 2 atom stereocenters. The average molecular weight is 319 g/mol. The maximum atomic E-state index is 12.0. The molecule has 23 heavy (non-hydrogen) atoms. The molecule has 1 aromatic heterocycles. The zero-order valence-electron chi connectivity index (χ0n) is 13.9. The van der Waals surface area contributed by atoms with Crippen molar-refractivity contribution in [2.45, 2.75) is 31.8 Å². The molecule has 0 aliphatic carbocycles. The number of aromatic nitrogens is 1. The molecule has 0 spiro atoms. The van der Waals surface area contributed by atoms with Crippen LogP contribution in [0.3, 0.4) is 0 Å². The largest absolute Gasteiger partial charge is 0.465 e. The molecule has 2 saturated heterocycles. The number of pyridine rings is 1. The van der Waals surface area contributed by atoms with Crippen molar-refractivity contribution in [2.75, 3.05) is 44.9 Å². The van der Waals surface area contributed by atoms with Crippen LogP contribution in [-0.2, 0) is 9.47 Å². The lowest BCUT2D eigenvalue weighted by Gasteiger charge is -2.48. The first kappa shape index (κ1) is 16.2. The molecule has 2 aliphatic rings. The number of carbonyl (C=O) groups is 1. The van der Waals surface area contributed by atoms with Crippen LogP contribution >= 0.6 is 0 Å². The molecular formula is C17H25N3O3. The van der Waals surface area contributed by atoms with Gasteiger partial charge < -0.3 is 14.4 Å². The lowest BCUT2D eigenvalue weighted by molar-refractivity contribution is -0.0558. The van der Waals surface area contributed by atoms with Gasteiger partial charge in [0.25, 0.3) is 0 Å². The summed E-state index contributed by atoms with van der Waals surface area (Å²) in [7, 11) is 1.40. The van der Waals surface area contributed by atoms with Crippen LogP contribution in [0.15, 0.2) is 18.3 Å². The van der Waals surface area contributed by atoms with Gasteiger partial charge in [0.05, 0.1) is 26.4 Å². The van der Waals surface area contributed by atoms with Crippen LogP contribution < -0.4 is 4.90 Å². The van der Waals surface area contributed by atoms with Crippen molar-refractivity contribution in [1.29, 1.82) is 0 Å². The molecule has 3 heterocycles. The summed E-state index contributed by atoms with van der Waals surface area (Å²) in [6, 6.07) is 4.43. The van der Waals surface area contributed by atoms with Crippen LogP contribution in [0.4, 0.5) is 5.82 Å². The minimum Gasteiger partial charge on any atom is -0.465 e. The molecule has 126 valence electrons. The van der Waals surface area contributed by atoms with E-state index in [2.05, 4.69) is 21.7 Å². The van der Waals surface area contributed by atoms with Crippen molar-refractivity contribution < 1.29 is 14.3 Å². The van der Waals surface area contributed by atoms with Gasteiger partial charge in [0.2, 0.25) is 0 Å². The van der Waals surface area contributed by atoms with E-state index in [9.17, 15) is 4.79 Å². The second-order valence-electron chi connectivity index (χ2n) is 6.18. The second-order valence-corrected chi connectivity index (χ2v) is 6.18. The summed E-state index contributed by atoms with van der Waals surface area (Å²) in [5.74, 6) is 0.385. The predicted octanol–water partition coefficient (Wildman–Crippen LogP) is 1.56. The SMILES string of the molecule is CCC[C@H]1COC[C@H]2CN(c3ncccc3C(=O)OC)CCN12. The van der Waals surface area contributed by atoms with Crippen molar-refractivity contribution in [3.8, 4) is 0 Å². The van der Waals surface area contributed by atoms with E-state index in [0.717, 1.165) is 38.7 Å². The lowest BCUT2D eigenvalue weighted by atomic mass is 10.0. The van der Waals surface area contributed by atoms with Crippen LogP contribution in [0, 0.1) is 0 Å². The fourth-order valence-electron chi connectivity index (χ4n) is 3.63. The number of esters is 1. The number of rotatable bonds is 4. The Hall–Kier alpha value is -1.66. The van der Waals surface area contributed by atoms with E-state index in [0.29, 0.717) is 17.6 Å². The molecule has 0 aromatic carbocycles. The van der Waals surface area contributed by atoms with Gasteiger partial charge in [-0.3, -0.25) is 4.90 Å². The van der Waals surface area contributed by atoms with Gasteiger partial charge in [0.15, 0.2) is 0 Å². The molecule has 6 nitrogen and oxygen atoms in total. The number of morpholine rings is 1. The first-order valence-electron chi connectivity index (χ1n) is 8.36. The summed E-state index contributed by atoms with van der Waals surface area (Å²) in [5, 5.41) is 0. The second kappa shape index (κ2) is 7.27. The number of anilines is 1. The third-order valence-corrected chi connectivity index (χ3v) is 4.73. The van der Waals surface area contributed by atoms with Gasteiger partial charge in [-0.25, -0.2) is 9.78 Å². The zero-order valence-corrected chi connectivity index (χ0v) is 13.9. The molecule has 3 rings (SSSR count). The fourth-order valence-corrected chi connectivity index (χ4v) is 3.63. The first-order valence-corrected chi connectivity index (χ1v) is 8.36. The minimum atomic E-state index is -0.334. The summed E-state index contributed by atoms with van der Waals surface area (Å²) in [6.07, 6.45) is 4.08. The van der Waals surface area contributed by atoms with Gasteiger partial charge in [-0.1, -0.05) is 13.3 Å². The van der Waals surface area contributed by atoms with Crippen LogP contribution in [0.25, 0.3) is 0 Å². The number of piperazine rings is 1. The Morgan fingerprint density at radius 3 is 3.09 bits per heavy atom. The highest BCUT2D eigenvalue weighted by Gasteiger charge is 2.36. The first-order chi connectivity index (χ1) is 11.2. The quantitative estimate of drug-likeness (QED) is 0.785. The van der Waals surface area contributed by atoms with Crippen molar-refractivity contribution >= 4 is 11.8 Å². The molecule has 0 radical (unpaired) electrons. The molecule has 1 aromatic rings. The molecule has 0 unspecified atom stereocenters. The Labute approximate surface area is 137 Å². The molecule has 0 saturated carbocycles. The number of ether oxygens (including phenoxy) is 2. The maximum absolute atomic E-state index is 12.0. The van der Waals surface area contributed by atoms with E-state index >= 15 is 0 Å². The predicted molar refractivity (Wildman–Crippen MR) is 87.8 cm³/mol. The maximum Gasteiger partial charge on any atom is 0.341 e. The summed E-state index contributed by atoms with van der Waals surface area (Å²) in [6.45, 7) is 6.49. The van der Waals surface area contributed by atoms with Crippen LogP contribution in [0.2, 0.25) is 0 Å². The Kier molecular flexibility index (Phi) is 5.13. The third kappa shape index (κ3) is 3.33. The number of hydrogen-bond acceptors (Lipinski definition) is 6. The topological polar surface area (TPSA) is 54.9 Å². The molecule has 2 fully saturated rings. The van der Waals surface area contributed by atoms with Gasteiger partial charge in [0.1, 0.15) is 11.4 Å².